The van der Waals surface area contributed by atoms with E-state index in [9.17, 15) is 9.32 Å². The fourth-order valence-electron chi connectivity index (χ4n) is 4.32. The highest BCUT2D eigenvalue weighted by atomic mass is 32.3. The monoisotopic (exact) mass is 358 g/mol. The quantitative estimate of drug-likeness (QED) is 0.735. The maximum Gasteiger partial charge on any atom is 0.116 e. The van der Waals surface area contributed by atoms with E-state index in [0.717, 1.165) is 36.3 Å². The maximum atomic E-state index is 13.8. The van der Waals surface area contributed by atoms with E-state index >= 15 is 0 Å². The molecule has 0 bridgehead atoms. The van der Waals surface area contributed by atoms with Gasteiger partial charge in [0.25, 0.3) is 0 Å². The summed E-state index contributed by atoms with van der Waals surface area (Å²) >= 11 is 0. The second-order valence-electron chi connectivity index (χ2n) is 7.05. The third-order valence-corrected chi connectivity index (χ3v) is 8.36. The van der Waals surface area contributed by atoms with Crippen molar-refractivity contribution < 1.29 is 9.32 Å². The highest BCUT2D eigenvalue weighted by molar-refractivity contribution is 8.04. The summed E-state index contributed by atoms with van der Waals surface area (Å²) in [6.07, 6.45) is 4.12. The van der Waals surface area contributed by atoms with Gasteiger partial charge in [-0.2, -0.15) is 0 Å². The first-order chi connectivity index (χ1) is 12.2. The van der Waals surface area contributed by atoms with Gasteiger partial charge in [-0.3, -0.25) is 4.21 Å². The molecule has 134 valence electrons. The lowest BCUT2D eigenvalue weighted by Crippen LogP contribution is -2.38. The van der Waals surface area contributed by atoms with Gasteiger partial charge < -0.3 is 15.1 Å². The fourth-order valence-corrected chi connectivity index (χ4v) is 6.54. The van der Waals surface area contributed by atoms with Crippen LogP contribution in [0.1, 0.15) is 35.4 Å². The Morgan fingerprint density at radius 3 is 2.80 bits per heavy atom. The summed E-state index contributed by atoms with van der Waals surface area (Å²) in [6.45, 7) is 1.35. The van der Waals surface area contributed by atoms with Crippen molar-refractivity contribution in [3.8, 4) is 0 Å². The molecule has 4 rings (SSSR count). The van der Waals surface area contributed by atoms with Crippen LogP contribution in [0.5, 0.6) is 0 Å². The standard InChI is InChI=1S/C20H26N2O2S/c21-13-17-6-3-5-16-12-18(8-9-19(16)17)25(24,14-23)22-11-10-15-4-1-2-7-20(15)22/h1-2,4,7-9,12,17,23,25H,3,5-6,10-11,13-14,21H2/t17-/m0/s1. The van der Waals surface area contributed by atoms with Gasteiger partial charge in [0.05, 0.1) is 5.69 Å². The zero-order chi connectivity index (χ0) is 17.4. The Bertz CT molecular complexity index is 836. The number of fused-ring (bicyclic) bond motifs is 2. The van der Waals surface area contributed by atoms with Crippen molar-refractivity contribution in [3.05, 3.63) is 59.2 Å². The molecule has 0 radical (unpaired) electrons. The van der Waals surface area contributed by atoms with Crippen LogP contribution < -0.4 is 10.0 Å². The number of nitrogens with two attached hydrogens (primary N) is 1. The number of hydrogen-bond donors (Lipinski definition) is 3. The summed E-state index contributed by atoms with van der Waals surface area (Å²) < 4.78 is 15.8. The molecular weight excluding hydrogens is 332 g/mol. The molecule has 0 saturated carbocycles. The van der Waals surface area contributed by atoms with E-state index in [2.05, 4.69) is 18.2 Å². The van der Waals surface area contributed by atoms with E-state index in [4.69, 9.17) is 5.73 Å². The first-order valence-corrected chi connectivity index (χ1v) is 10.9. The number of para-hydroxylation sites is 1. The predicted octanol–water partition coefficient (Wildman–Crippen LogP) is 2.37. The minimum atomic E-state index is -3.05. The lowest BCUT2D eigenvalue weighted by Gasteiger charge is -2.35. The van der Waals surface area contributed by atoms with Gasteiger partial charge in [-0.05, 0) is 73.0 Å². The number of aryl methyl sites for hydroxylation is 1. The van der Waals surface area contributed by atoms with E-state index in [1.165, 1.54) is 16.7 Å². The molecule has 1 heterocycles. The van der Waals surface area contributed by atoms with Gasteiger partial charge in [0.2, 0.25) is 0 Å². The number of rotatable bonds is 4. The fraction of sp³-hybridized carbons (Fsp3) is 0.400. The molecule has 5 heteroatoms. The highest BCUT2D eigenvalue weighted by Gasteiger charge is 2.32. The van der Waals surface area contributed by atoms with Crippen molar-refractivity contribution in [2.24, 2.45) is 5.73 Å². The van der Waals surface area contributed by atoms with Crippen LogP contribution in [-0.4, -0.2) is 28.3 Å². The molecule has 1 atom stereocenters. The van der Waals surface area contributed by atoms with Crippen LogP contribution in [0.25, 0.3) is 0 Å². The van der Waals surface area contributed by atoms with E-state index in [1.54, 1.807) is 0 Å². The molecule has 25 heavy (non-hydrogen) atoms. The largest absolute Gasteiger partial charge is 0.383 e. The van der Waals surface area contributed by atoms with Crippen LogP contribution in [-0.2, 0) is 23.0 Å². The topological polar surface area (TPSA) is 66.6 Å². The number of aliphatic hydroxyl groups excluding tert-OH is 1. The molecule has 0 fully saturated rings. The Morgan fingerprint density at radius 2 is 2.00 bits per heavy atom. The number of hydrogen-bond acceptors (Lipinski definition) is 3. The maximum absolute atomic E-state index is 13.8. The molecule has 2 aromatic carbocycles. The second-order valence-corrected chi connectivity index (χ2v) is 9.74. The lowest BCUT2D eigenvalue weighted by molar-refractivity contribution is 0.364. The summed E-state index contributed by atoms with van der Waals surface area (Å²) in [5, 5.41) is 10.1. The van der Waals surface area contributed by atoms with Gasteiger partial charge in [-0.25, -0.2) is 0 Å². The third kappa shape index (κ3) is 2.71. The second kappa shape index (κ2) is 6.56. The molecule has 0 spiro atoms. The molecule has 0 saturated heterocycles. The summed E-state index contributed by atoms with van der Waals surface area (Å²) in [5.74, 6) is 0.0688. The molecule has 0 unspecified atom stereocenters. The van der Waals surface area contributed by atoms with E-state index < -0.39 is 10.1 Å². The summed E-state index contributed by atoms with van der Waals surface area (Å²) in [7, 11) is -3.05. The number of aliphatic hydroxyl groups is 1. The number of anilines is 1. The van der Waals surface area contributed by atoms with Crippen LogP contribution in [0.2, 0.25) is 0 Å². The predicted molar refractivity (Wildman–Crippen MR) is 104 cm³/mol. The van der Waals surface area contributed by atoms with Crippen LogP contribution in [0.4, 0.5) is 5.69 Å². The Kier molecular flexibility index (Phi) is 4.40. The highest BCUT2D eigenvalue weighted by Crippen LogP contribution is 2.38. The lowest BCUT2D eigenvalue weighted by atomic mass is 9.83. The average Bonchev–Trinajstić information content (AvgIpc) is 3.11. The molecule has 3 N–H and O–H groups in total. The van der Waals surface area contributed by atoms with Gasteiger partial charge in [0.15, 0.2) is 0 Å². The van der Waals surface area contributed by atoms with Gasteiger partial charge in [-0.15, -0.1) is 0 Å². The van der Waals surface area contributed by atoms with Crippen molar-refractivity contribution in [3.63, 3.8) is 0 Å². The summed E-state index contributed by atoms with van der Waals surface area (Å²) in [6, 6.07) is 14.2. The van der Waals surface area contributed by atoms with Gasteiger partial charge in [0.1, 0.15) is 5.94 Å². The molecule has 1 aliphatic heterocycles. The van der Waals surface area contributed by atoms with Crippen molar-refractivity contribution in [2.75, 3.05) is 23.3 Å². The third-order valence-electron chi connectivity index (χ3n) is 5.70. The Labute approximate surface area is 150 Å². The van der Waals surface area contributed by atoms with Crippen LogP contribution in [0.15, 0.2) is 47.4 Å². The molecule has 2 aromatic rings. The molecule has 0 aromatic heterocycles. The summed E-state index contributed by atoms with van der Waals surface area (Å²) in [4.78, 5) is 0.767. The minimum absolute atomic E-state index is 0.333. The zero-order valence-electron chi connectivity index (χ0n) is 14.4. The minimum Gasteiger partial charge on any atom is -0.383 e. The van der Waals surface area contributed by atoms with Gasteiger partial charge in [-0.1, -0.05) is 24.3 Å². The zero-order valence-corrected chi connectivity index (χ0v) is 15.3. The molecular formula is C20H26N2O2S. The molecule has 0 amide bonds. The number of thiol groups is 1. The van der Waals surface area contributed by atoms with Crippen LogP contribution >= 0.6 is 0 Å². The van der Waals surface area contributed by atoms with E-state index in [-0.39, 0.29) is 5.94 Å². The number of nitrogens with zero attached hydrogens (tertiary/aromatic N) is 1. The number of benzene rings is 2. The normalized spacial score (nSPS) is 20.2. The van der Waals surface area contributed by atoms with Gasteiger partial charge >= 0.3 is 0 Å². The molecule has 1 aliphatic carbocycles. The van der Waals surface area contributed by atoms with Crippen molar-refractivity contribution >= 4 is 15.8 Å². The van der Waals surface area contributed by atoms with Gasteiger partial charge in [0, 0.05) is 21.6 Å². The van der Waals surface area contributed by atoms with Crippen LogP contribution in [0, 0.1) is 0 Å². The van der Waals surface area contributed by atoms with Crippen molar-refractivity contribution in [1.29, 1.82) is 0 Å². The van der Waals surface area contributed by atoms with Crippen molar-refractivity contribution in [2.45, 2.75) is 36.5 Å². The smallest absolute Gasteiger partial charge is 0.116 e. The first-order valence-electron chi connectivity index (χ1n) is 9.06. The van der Waals surface area contributed by atoms with E-state index in [1.807, 2.05) is 28.6 Å². The Morgan fingerprint density at radius 1 is 1.16 bits per heavy atom. The molecule has 2 aliphatic rings. The average molecular weight is 359 g/mol. The Balaban J connectivity index is 1.76. The summed E-state index contributed by atoms with van der Waals surface area (Å²) in [5.41, 5.74) is 10.7. The van der Waals surface area contributed by atoms with E-state index in [0.29, 0.717) is 19.0 Å². The molecule has 4 nitrogen and oxygen atoms in total. The first kappa shape index (κ1) is 16.8. The van der Waals surface area contributed by atoms with Crippen LogP contribution in [0.3, 0.4) is 0 Å². The van der Waals surface area contributed by atoms with Crippen molar-refractivity contribution in [1.82, 2.24) is 0 Å². The SMILES string of the molecule is NC[C@@H]1CCCc2cc([SH](=O)(CO)N3CCc4ccccc43)ccc21. The Hall–Kier alpha value is -1.69.